The molecule has 0 radical (unpaired) electrons. The molecule has 1 heterocycles. The lowest BCUT2D eigenvalue weighted by Crippen LogP contribution is -2.13. The fourth-order valence-corrected chi connectivity index (χ4v) is 1.62. The number of nitrogens with zero attached hydrogens (tertiary/aromatic N) is 4. The van der Waals surface area contributed by atoms with Crippen LogP contribution in [0.25, 0.3) is 0 Å². The molecule has 5 nitrogen and oxygen atoms in total. The van der Waals surface area contributed by atoms with Crippen molar-refractivity contribution in [2.75, 3.05) is 19.0 Å². The van der Waals surface area contributed by atoms with Gasteiger partial charge in [0.1, 0.15) is 5.75 Å². The Morgan fingerprint density at radius 1 is 1.11 bits per heavy atom. The van der Waals surface area contributed by atoms with Gasteiger partial charge >= 0.3 is 6.01 Å². The summed E-state index contributed by atoms with van der Waals surface area (Å²) in [6, 6.07) is 5.44. The maximum Gasteiger partial charge on any atom is 0.328 e. The van der Waals surface area contributed by atoms with Gasteiger partial charge in [-0.1, -0.05) is 11.6 Å². The minimum absolute atomic E-state index is 0.0828. The Bertz CT molecular complexity index is 604. The van der Waals surface area contributed by atoms with Gasteiger partial charge in [-0.25, -0.2) is 0 Å². The van der Waals surface area contributed by atoms with Gasteiger partial charge in [0.15, 0.2) is 0 Å². The molecule has 1 aromatic carbocycles. The van der Waals surface area contributed by atoms with Crippen molar-refractivity contribution < 1.29 is 4.74 Å². The molecule has 0 fully saturated rings. The third-order valence-electron chi connectivity index (χ3n) is 2.31. The fourth-order valence-electron chi connectivity index (χ4n) is 1.35. The average molecular weight is 299 g/mol. The van der Waals surface area contributed by atoms with Crippen molar-refractivity contribution in [1.82, 2.24) is 15.0 Å². The van der Waals surface area contributed by atoms with Crippen LogP contribution in [0.3, 0.4) is 0 Å². The first-order valence-corrected chi connectivity index (χ1v) is 6.24. The van der Waals surface area contributed by atoms with Crippen molar-refractivity contribution in [2.45, 2.75) is 6.92 Å². The Balaban J connectivity index is 2.29. The number of aryl methyl sites for hydroxylation is 1. The lowest BCUT2D eigenvalue weighted by Gasteiger charge is -2.11. The molecule has 0 atom stereocenters. The van der Waals surface area contributed by atoms with Gasteiger partial charge in [0.2, 0.25) is 11.2 Å². The van der Waals surface area contributed by atoms with Gasteiger partial charge in [-0.3, -0.25) is 0 Å². The number of halogens is 2. The number of rotatable bonds is 3. The largest absolute Gasteiger partial charge is 0.424 e. The SMILES string of the molecule is Cc1cc(Oc2nc(Cl)nc(N(C)C)n2)ccc1Cl. The summed E-state index contributed by atoms with van der Waals surface area (Å²) in [4.78, 5) is 13.8. The number of benzene rings is 1. The third kappa shape index (κ3) is 3.45. The van der Waals surface area contributed by atoms with Crippen LogP contribution in [0.5, 0.6) is 11.8 Å². The smallest absolute Gasteiger partial charge is 0.328 e. The summed E-state index contributed by atoms with van der Waals surface area (Å²) in [5, 5.41) is 0.759. The normalized spacial score (nSPS) is 10.4. The van der Waals surface area contributed by atoms with Crippen molar-refractivity contribution in [2.24, 2.45) is 0 Å². The lowest BCUT2D eigenvalue weighted by molar-refractivity contribution is 0.439. The average Bonchev–Trinajstić information content (AvgIpc) is 2.33. The van der Waals surface area contributed by atoms with E-state index in [4.69, 9.17) is 27.9 Å². The van der Waals surface area contributed by atoms with E-state index in [1.807, 2.05) is 21.0 Å². The summed E-state index contributed by atoms with van der Waals surface area (Å²) in [5.74, 6) is 1.02. The van der Waals surface area contributed by atoms with E-state index < -0.39 is 0 Å². The molecule has 0 aliphatic carbocycles. The van der Waals surface area contributed by atoms with Crippen molar-refractivity contribution in [3.8, 4) is 11.8 Å². The number of aromatic nitrogens is 3. The minimum Gasteiger partial charge on any atom is -0.424 e. The van der Waals surface area contributed by atoms with Gasteiger partial charge < -0.3 is 9.64 Å². The summed E-state index contributed by atoms with van der Waals surface area (Å²) in [6.45, 7) is 1.89. The first-order chi connectivity index (χ1) is 8.95. The first kappa shape index (κ1) is 13.8. The van der Waals surface area contributed by atoms with E-state index in [-0.39, 0.29) is 11.3 Å². The lowest BCUT2D eigenvalue weighted by atomic mass is 10.2. The molecular formula is C12H12Cl2N4O. The van der Waals surface area contributed by atoms with E-state index in [1.54, 1.807) is 23.1 Å². The predicted molar refractivity (Wildman–Crippen MR) is 75.4 cm³/mol. The van der Waals surface area contributed by atoms with E-state index in [2.05, 4.69) is 15.0 Å². The van der Waals surface area contributed by atoms with Crippen LogP contribution in [-0.2, 0) is 0 Å². The maximum atomic E-state index is 5.95. The molecule has 0 aliphatic heterocycles. The molecule has 0 saturated carbocycles. The molecule has 0 aliphatic rings. The van der Waals surface area contributed by atoms with Crippen molar-refractivity contribution in [1.29, 1.82) is 0 Å². The molecule has 0 amide bonds. The van der Waals surface area contributed by atoms with Crippen LogP contribution in [-0.4, -0.2) is 29.0 Å². The van der Waals surface area contributed by atoms with E-state index in [0.717, 1.165) is 5.56 Å². The van der Waals surface area contributed by atoms with Gasteiger partial charge in [-0.2, -0.15) is 15.0 Å². The zero-order valence-corrected chi connectivity index (χ0v) is 12.2. The Hall–Kier alpha value is -1.59. The highest BCUT2D eigenvalue weighted by Crippen LogP contribution is 2.25. The molecule has 0 unspecified atom stereocenters. The van der Waals surface area contributed by atoms with Crippen molar-refractivity contribution in [3.05, 3.63) is 34.1 Å². The highest BCUT2D eigenvalue weighted by Gasteiger charge is 2.09. The molecule has 1 aromatic heterocycles. The Labute approximate surface area is 121 Å². The van der Waals surface area contributed by atoms with Crippen LogP contribution >= 0.6 is 23.2 Å². The Morgan fingerprint density at radius 2 is 1.84 bits per heavy atom. The molecule has 100 valence electrons. The fraction of sp³-hybridized carbons (Fsp3) is 0.250. The molecule has 0 saturated heterocycles. The van der Waals surface area contributed by atoms with Crippen molar-refractivity contribution >= 4 is 29.2 Å². The number of hydrogen-bond donors (Lipinski definition) is 0. The predicted octanol–water partition coefficient (Wildman–Crippen LogP) is 3.35. The zero-order chi connectivity index (χ0) is 14.0. The van der Waals surface area contributed by atoms with Crippen LogP contribution in [0.15, 0.2) is 18.2 Å². The van der Waals surface area contributed by atoms with E-state index in [9.17, 15) is 0 Å². The van der Waals surface area contributed by atoms with E-state index in [0.29, 0.717) is 16.7 Å². The Kier molecular flexibility index (Phi) is 4.07. The highest BCUT2D eigenvalue weighted by atomic mass is 35.5. The van der Waals surface area contributed by atoms with Crippen LogP contribution in [0.1, 0.15) is 5.56 Å². The summed E-state index contributed by atoms with van der Waals surface area (Å²) in [7, 11) is 3.61. The number of ether oxygens (including phenoxy) is 1. The second kappa shape index (κ2) is 5.59. The van der Waals surface area contributed by atoms with Gasteiger partial charge in [0, 0.05) is 19.1 Å². The molecular weight excluding hydrogens is 287 g/mol. The zero-order valence-electron chi connectivity index (χ0n) is 10.7. The Morgan fingerprint density at radius 3 is 2.47 bits per heavy atom. The van der Waals surface area contributed by atoms with Crippen LogP contribution in [0, 0.1) is 6.92 Å². The van der Waals surface area contributed by atoms with Gasteiger partial charge in [-0.15, -0.1) is 0 Å². The third-order valence-corrected chi connectivity index (χ3v) is 2.91. The van der Waals surface area contributed by atoms with E-state index >= 15 is 0 Å². The molecule has 2 rings (SSSR count). The quantitative estimate of drug-likeness (QED) is 0.870. The molecule has 19 heavy (non-hydrogen) atoms. The summed E-state index contributed by atoms with van der Waals surface area (Å²) in [6.07, 6.45) is 0. The molecule has 0 N–H and O–H groups in total. The topological polar surface area (TPSA) is 51.1 Å². The molecule has 2 aromatic rings. The summed E-state index contributed by atoms with van der Waals surface area (Å²) in [5.41, 5.74) is 0.909. The van der Waals surface area contributed by atoms with E-state index in [1.165, 1.54) is 0 Å². The maximum absolute atomic E-state index is 5.95. The molecule has 0 spiro atoms. The summed E-state index contributed by atoms with van der Waals surface area (Å²) >= 11 is 11.8. The standard InChI is InChI=1S/C12H12Cl2N4O/c1-7-6-8(4-5-9(7)13)19-12-16-10(14)15-11(17-12)18(2)3/h4-6H,1-3H3. The van der Waals surface area contributed by atoms with Crippen LogP contribution in [0.2, 0.25) is 10.3 Å². The second-order valence-corrected chi connectivity index (χ2v) is 4.84. The van der Waals surface area contributed by atoms with Gasteiger partial charge in [0.25, 0.3) is 0 Å². The number of hydrogen-bond acceptors (Lipinski definition) is 5. The van der Waals surface area contributed by atoms with Crippen LogP contribution < -0.4 is 9.64 Å². The van der Waals surface area contributed by atoms with Gasteiger partial charge in [-0.05, 0) is 42.3 Å². The first-order valence-electron chi connectivity index (χ1n) is 5.48. The monoisotopic (exact) mass is 298 g/mol. The second-order valence-electron chi connectivity index (χ2n) is 4.09. The minimum atomic E-state index is 0.0828. The molecule has 0 bridgehead atoms. The number of anilines is 1. The van der Waals surface area contributed by atoms with Crippen LogP contribution in [0.4, 0.5) is 5.95 Å². The van der Waals surface area contributed by atoms with Crippen molar-refractivity contribution in [3.63, 3.8) is 0 Å². The van der Waals surface area contributed by atoms with Gasteiger partial charge in [0.05, 0.1) is 0 Å². The summed E-state index contributed by atoms with van der Waals surface area (Å²) < 4.78 is 5.55. The highest BCUT2D eigenvalue weighted by molar-refractivity contribution is 6.31. The molecule has 7 heteroatoms.